The summed E-state index contributed by atoms with van der Waals surface area (Å²) >= 11 is 1.50. The average molecular weight is 331 g/mol. The van der Waals surface area contributed by atoms with E-state index < -0.39 is 10.0 Å². The molecule has 0 amide bonds. The molecule has 120 valence electrons. The third kappa shape index (κ3) is 4.77. The summed E-state index contributed by atoms with van der Waals surface area (Å²) in [7, 11) is -3.37. The Balaban J connectivity index is 1.94. The van der Waals surface area contributed by atoms with Crippen LogP contribution in [0.1, 0.15) is 44.4 Å². The van der Waals surface area contributed by atoms with Crippen molar-refractivity contribution in [2.24, 2.45) is 11.8 Å². The van der Waals surface area contributed by atoms with Crippen LogP contribution in [0.3, 0.4) is 0 Å². The maximum absolute atomic E-state index is 12.5. The summed E-state index contributed by atoms with van der Waals surface area (Å²) in [6.45, 7) is 6.32. The fraction of sp³-hybridized carbons (Fsp3) is 0.733. The molecule has 0 atom stereocenters. The van der Waals surface area contributed by atoms with Gasteiger partial charge in [0.05, 0.1) is 4.90 Å². The lowest BCUT2D eigenvalue weighted by atomic mass is 9.83. The number of nitrogens with one attached hydrogen (secondary N) is 2. The SMILES string of the molecule is CCNCc1sccc1S(=O)(=O)NCC1CCC(C)CC1. The highest BCUT2D eigenvalue weighted by molar-refractivity contribution is 7.89. The minimum Gasteiger partial charge on any atom is -0.312 e. The molecule has 0 unspecified atom stereocenters. The van der Waals surface area contributed by atoms with E-state index in [0.29, 0.717) is 23.9 Å². The first kappa shape index (κ1) is 16.9. The topological polar surface area (TPSA) is 58.2 Å². The second-order valence-electron chi connectivity index (χ2n) is 5.97. The molecule has 1 aromatic heterocycles. The largest absolute Gasteiger partial charge is 0.312 e. The second-order valence-corrected chi connectivity index (χ2v) is 8.70. The number of hydrogen-bond donors (Lipinski definition) is 2. The normalized spacial score (nSPS) is 23.3. The van der Waals surface area contributed by atoms with Crippen LogP contribution in [0, 0.1) is 11.8 Å². The highest BCUT2D eigenvalue weighted by Gasteiger charge is 2.23. The molecule has 2 N–H and O–H groups in total. The Morgan fingerprint density at radius 1 is 1.29 bits per heavy atom. The van der Waals surface area contributed by atoms with Gasteiger partial charge in [0, 0.05) is 18.0 Å². The molecular formula is C15H26N2O2S2. The predicted molar refractivity (Wildman–Crippen MR) is 88.0 cm³/mol. The van der Waals surface area contributed by atoms with Gasteiger partial charge in [-0.3, -0.25) is 0 Å². The van der Waals surface area contributed by atoms with Crippen LogP contribution in [0.5, 0.6) is 0 Å². The van der Waals surface area contributed by atoms with E-state index in [1.807, 2.05) is 12.3 Å². The van der Waals surface area contributed by atoms with Crippen molar-refractivity contribution >= 4 is 21.4 Å². The standard InChI is InChI=1S/C15H26N2O2S2/c1-3-16-11-14-15(8-9-20-14)21(18,19)17-10-13-6-4-12(2)5-7-13/h8-9,12-13,16-17H,3-7,10-11H2,1-2H3. The van der Waals surface area contributed by atoms with E-state index in [1.165, 1.54) is 24.2 Å². The van der Waals surface area contributed by atoms with E-state index in [-0.39, 0.29) is 0 Å². The Bertz CT molecular complexity index is 532. The summed E-state index contributed by atoms with van der Waals surface area (Å²) in [5.41, 5.74) is 0. The zero-order valence-corrected chi connectivity index (χ0v) is 14.5. The van der Waals surface area contributed by atoms with Gasteiger partial charge in [-0.25, -0.2) is 13.1 Å². The average Bonchev–Trinajstić information content (AvgIpc) is 2.94. The molecule has 1 aliphatic carbocycles. The molecule has 4 nitrogen and oxygen atoms in total. The molecule has 0 saturated heterocycles. The smallest absolute Gasteiger partial charge is 0.241 e. The van der Waals surface area contributed by atoms with Crippen LogP contribution in [0.4, 0.5) is 0 Å². The fourth-order valence-electron chi connectivity index (χ4n) is 2.77. The minimum absolute atomic E-state index is 0.442. The third-order valence-corrected chi connectivity index (χ3v) is 6.79. The van der Waals surface area contributed by atoms with Crippen molar-refractivity contribution in [3.63, 3.8) is 0 Å². The number of sulfonamides is 1. The Kier molecular flexibility index (Phi) is 6.22. The van der Waals surface area contributed by atoms with Gasteiger partial charge in [-0.1, -0.05) is 26.7 Å². The quantitative estimate of drug-likeness (QED) is 0.808. The first-order valence-electron chi connectivity index (χ1n) is 7.79. The highest BCUT2D eigenvalue weighted by Crippen LogP contribution is 2.28. The zero-order valence-electron chi connectivity index (χ0n) is 12.9. The Hall–Kier alpha value is -0.430. The van der Waals surface area contributed by atoms with E-state index in [1.54, 1.807) is 6.07 Å². The molecule has 6 heteroatoms. The Labute approximate surface area is 132 Å². The summed E-state index contributed by atoms with van der Waals surface area (Å²) in [6.07, 6.45) is 4.71. The molecule has 0 aliphatic heterocycles. The zero-order chi connectivity index (χ0) is 15.3. The molecular weight excluding hydrogens is 304 g/mol. The van der Waals surface area contributed by atoms with Crippen molar-refractivity contribution < 1.29 is 8.42 Å². The lowest BCUT2D eigenvalue weighted by molar-refractivity contribution is 0.290. The van der Waals surface area contributed by atoms with E-state index in [4.69, 9.17) is 0 Å². The van der Waals surface area contributed by atoms with Gasteiger partial charge in [-0.2, -0.15) is 0 Å². The van der Waals surface area contributed by atoms with Crippen LogP contribution in [-0.2, 0) is 16.6 Å². The summed E-state index contributed by atoms with van der Waals surface area (Å²) in [5, 5.41) is 5.04. The van der Waals surface area contributed by atoms with E-state index in [0.717, 1.165) is 30.2 Å². The molecule has 1 saturated carbocycles. The summed E-state index contributed by atoms with van der Waals surface area (Å²) in [4.78, 5) is 1.33. The fourth-order valence-corrected chi connectivity index (χ4v) is 5.30. The molecule has 1 aliphatic rings. The summed E-state index contributed by atoms with van der Waals surface area (Å²) in [5.74, 6) is 1.29. The van der Waals surface area contributed by atoms with Crippen molar-refractivity contribution in [1.82, 2.24) is 10.0 Å². The molecule has 0 radical (unpaired) electrons. The summed E-state index contributed by atoms with van der Waals surface area (Å²) in [6, 6.07) is 1.71. The maximum atomic E-state index is 12.5. The molecule has 0 aromatic carbocycles. The highest BCUT2D eigenvalue weighted by atomic mass is 32.2. The van der Waals surface area contributed by atoms with E-state index >= 15 is 0 Å². The minimum atomic E-state index is -3.37. The lowest BCUT2D eigenvalue weighted by Gasteiger charge is -2.26. The van der Waals surface area contributed by atoms with Crippen molar-refractivity contribution in [3.8, 4) is 0 Å². The van der Waals surface area contributed by atoms with Gasteiger partial charge in [-0.15, -0.1) is 11.3 Å². The van der Waals surface area contributed by atoms with Crippen molar-refractivity contribution in [1.29, 1.82) is 0 Å². The van der Waals surface area contributed by atoms with E-state index in [9.17, 15) is 8.42 Å². The van der Waals surface area contributed by atoms with Gasteiger partial charge >= 0.3 is 0 Å². The van der Waals surface area contributed by atoms with E-state index in [2.05, 4.69) is 17.0 Å². The number of hydrogen-bond acceptors (Lipinski definition) is 4. The van der Waals surface area contributed by atoms with Crippen LogP contribution in [0.2, 0.25) is 0 Å². The lowest BCUT2D eigenvalue weighted by Crippen LogP contribution is -2.31. The molecule has 21 heavy (non-hydrogen) atoms. The molecule has 2 rings (SSSR count). The van der Waals surface area contributed by atoms with Crippen LogP contribution in [0.15, 0.2) is 16.3 Å². The molecule has 1 aromatic rings. The third-order valence-electron chi connectivity index (χ3n) is 4.23. The Morgan fingerprint density at radius 2 is 2.00 bits per heavy atom. The number of thiophene rings is 1. The van der Waals surface area contributed by atoms with Gasteiger partial charge in [0.15, 0.2) is 0 Å². The first-order valence-corrected chi connectivity index (χ1v) is 10.2. The van der Waals surface area contributed by atoms with Gasteiger partial charge in [-0.05, 0) is 42.7 Å². The summed E-state index contributed by atoms with van der Waals surface area (Å²) < 4.78 is 27.7. The molecule has 1 fully saturated rings. The van der Waals surface area contributed by atoms with Crippen molar-refractivity contribution in [2.75, 3.05) is 13.1 Å². The van der Waals surface area contributed by atoms with Crippen molar-refractivity contribution in [2.45, 2.75) is 51.0 Å². The van der Waals surface area contributed by atoms with Gasteiger partial charge < -0.3 is 5.32 Å². The molecule has 0 bridgehead atoms. The molecule has 1 heterocycles. The van der Waals surface area contributed by atoms with Gasteiger partial charge in [0.1, 0.15) is 0 Å². The maximum Gasteiger partial charge on any atom is 0.241 e. The first-order chi connectivity index (χ1) is 10.0. The second kappa shape index (κ2) is 7.72. The van der Waals surface area contributed by atoms with Crippen molar-refractivity contribution in [3.05, 3.63) is 16.3 Å². The van der Waals surface area contributed by atoms with Crippen LogP contribution >= 0.6 is 11.3 Å². The van der Waals surface area contributed by atoms with Crippen LogP contribution < -0.4 is 10.0 Å². The monoisotopic (exact) mass is 330 g/mol. The van der Waals surface area contributed by atoms with Crippen LogP contribution in [0.25, 0.3) is 0 Å². The van der Waals surface area contributed by atoms with Gasteiger partial charge in [0.25, 0.3) is 0 Å². The molecule has 0 spiro atoms. The Morgan fingerprint density at radius 3 is 2.67 bits per heavy atom. The predicted octanol–water partition coefficient (Wildman–Crippen LogP) is 2.96. The number of rotatable bonds is 7. The van der Waals surface area contributed by atoms with Gasteiger partial charge in [0.2, 0.25) is 10.0 Å². The van der Waals surface area contributed by atoms with Crippen LogP contribution in [-0.4, -0.2) is 21.5 Å².